The van der Waals surface area contributed by atoms with E-state index < -0.39 is 0 Å². The molecule has 3 aromatic rings. The maximum absolute atomic E-state index is 12.1. The Bertz CT molecular complexity index is 885. The topological polar surface area (TPSA) is 93.5 Å². The molecule has 132 valence electrons. The largest absolute Gasteiger partial charge is 0.399 e. The Kier molecular flexibility index (Phi) is 5.66. The molecular formula is C20H20N4OS. The number of carbonyl (C=O) groups excluding carboxylic acids is 1. The highest BCUT2D eigenvalue weighted by Crippen LogP contribution is 2.16. The van der Waals surface area contributed by atoms with Crippen LogP contribution in [0.4, 0.5) is 11.4 Å². The lowest BCUT2D eigenvalue weighted by Gasteiger charge is -2.06. The first-order valence-corrected chi connectivity index (χ1v) is 9.10. The van der Waals surface area contributed by atoms with Gasteiger partial charge in [0.15, 0.2) is 0 Å². The van der Waals surface area contributed by atoms with Crippen molar-refractivity contribution in [2.75, 3.05) is 12.3 Å². The van der Waals surface area contributed by atoms with Gasteiger partial charge < -0.3 is 16.8 Å². The molecule has 0 aliphatic rings. The zero-order valence-electron chi connectivity index (χ0n) is 14.2. The minimum Gasteiger partial charge on any atom is -0.399 e. The highest BCUT2D eigenvalue weighted by Gasteiger charge is 2.04. The fraction of sp³-hybridized carbons (Fsp3) is 0.100. The van der Waals surface area contributed by atoms with Crippen LogP contribution in [0.2, 0.25) is 0 Å². The quantitative estimate of drug-likeness (QED) is 0.356. The molecule has 0 atom stereocenters. The lowest BCUT2D eigenvalue weighted by molar-refractivity contribution is 0.0954. The number of aliphatic imine (C=N–C) groups is 1. The smallest absolute Gasteiger partial charge is 0.251 e. The molecular weight excluding hydrogens is 344 g/mol. The van der Waals surface area contributed by atoms with E-state index in [4.69, 9.17) is 11.5 Å². The monoisotopic (exact) mass is 364 g/mol. The Labute approximate surface area is 156 Å². The van der Waals surface area contributed by atoms with Gasteiger partial charge in [0.2, 0.25) is 0 Å². The standard InChI is InChI=1S/C20H20N4OS/c21-16-7-5-15(6-8-16)20(25)23-12-11-14-3-9-17(10-4-14)24-19(22)18-2-1-13-26-18/h1-10,13H,11-12,21H2,(H2,22,24)(H,23,25). The van der Waals surface area contributed by atoms with Crippen molar-refractivity contribution in [2.24, 2.45) is 10.7 Å². The molecule has 0 spiro atoms. The molecule has 0 fully saturated rings. The van der Waals surface area contributed by atoms with E-state index in [1.54, 1.807) is 35.6 Å². The van der Waals surface area contributed by atoms with Gasteiger partial charge in [-0.2, -0.15) is 0 Å². The number of nitrogens with zero attached hydrogens (tertiary/aromatic N) is 1. The zero-order valence-corrected chi connectivity index (χ0v) is 15.0. The molecule has 0 aliphatic carbocycles. The lowest BCUT2D eigenvalue weighted by atomic mass is 10.1. The normalized spacial score (nSPS) is 11.3. The SMILES string of the molecule is N/C(=N\c1ccc(CCNC(=O)c2ccc(N)cc2)cc1)c1cccs1. The molecule has 26 heavy (non-hydrogen) atoms. The van der Waals surface area contributed by atoms with E-state index >= 15 is 0 Å². The van der Waals surface area contributed by atoms with Crippen LogP contribution in [0.1, 0.15) is 20.8 Å². The molecule has 0 bridgehead atoms. The molecule has 2 aromatic carbocycles. The zero-order chi connectivity index (χ0) is 18.4. The number of hydrogen-bond donors (Lipinski definition) is 3. The van der Waals surface area contributed by atoms with Gasteiger partial charge in [-0.15, -0.1) is 11.3 Å². The first kappa shape index (κ1) is 17.7. The average molecular weight is 364 g/mol. The summed E-state index contributed by atoms with van der Waals surface area (Å²) < 4.78 is 0. The number of thiophene rings is 1. The minimum atomic E-state index is -0.102. The van der Waals surface area contributed by atoms with Crippen LogP contribution < -0.4 is 16.8 Å². The molecule has 0 unspecified atom stereocenters. The van der Waals surface area contributed by atoms with Gasteiger partial charge in [-0.3, -0.25) is 4.79 Å². The van der Waals surface area contributed by atoms with Crippen molar-refractivity contribution in [2.45, 2.75) is 6.42 Å². The number of nitrogens with one attached hydrogen (secondary N) is 1. The van der Waals surface area contributed by atoms with Gasteiger partial charge in [0.1, 0.15) is 5.84 Å². The van der Waals surface area contributed by atoms with Crippen LogP contribution in [0.25, 0.3) is 0 Å². The van der Waals surface area contributed by atoms with E-state index in [1.165, 1.54) is 0 Å². The Morgan fingerprint density at radius 2 is 1.77 bits per heavy atom. The van der Waals surface area contributed by atoms with E-state index in [0.717, 1.165) is 22.5 Å². The summed E-state index contributed by atoms with van der Waals surface area (Å²) in [4.78, 5) is 17.4. The summed E-state index contributed by atoms with van der Waals surface area (Å²) in [6.45, 7) is 0.559. The van der Waals surface area contributed by atoms with Gasteiger partial charge in [0, 0.05) is 17.8 Å². The van der Waals surface area contributed by atoms with Crippen molar-refractivity contribution < 1.29 is 4.79 Å². The summed E-state index contributed by atoms with van der Waals surface area (Å²) in [5.41, 5.74) is 14.8. The Morgan fingerprint density at radius 1 is 1.04 bits per heavy atom. The van der Waals surface area contributed by atoms with Gasteiger partial charge in [0.05, 0.1) is 10.6 Å². The second-order valence-electron chi connectivity index (χ2n) is 5.77. The third kappa shape index (κ3) is 4.70. The molecule has 0 saturated carbocycles. The van der Waals surface area contributed by atoms with Gasteiger partial charge in [-0.1, -0.05) is 18.2 Å². The number of amides is 1. The first-order valence-electron chi connectivity index (χ1n) is 8.22. The molecule has 6 heteroatoms. The van der Waals surface area contributed by atoms with Crippen molar-refractivity contribution in [3.63, 3.8) is 0 Å². The molecule has 0 saturated heterocycles. The molecule has 1 aromatic heterocycles. The summed E-state index contributed by atoms with van der Waals surface area (Å²) >= 11 is 1.56. The number of nitrogen functional groups attached to an aromatic ring is 1. The molecule has 0 radical (unpaired) electrons. The van der Waals surface area contributed by atoms with Crippen molar-refractivity contribution >= 4 is 34.5 Å². The molecule has 5 N–H and O–H groups in total. The summed E-state index contributed by atoms with van der Waals surface area (Å²) in [7, 11) is 0. The van der Waals surface area contributed by atoms with Crippen molar-refractivity contribution in [1.29, 1.82) is 0 Å². The van der Waals surface area contributed by atoms with E-state index in [-0.39, 0.29) is 5.91 Å². The minimum absolute atomic E-state index is 0.102. The third-order valence-corrected chi connectivity index (χ3v) is 4.72. The number of nitrogens with two attached hydrogens (primary N) is 2. The second-order valence-corrected chi connectivity index (χ2v) is 6.72. The lowest BCUT2D eigenvalue weighted by Crippen LogP contribution is -2.25. The Hall–Kier alpha value is -3.12. The van der Waals surface area contributed by atoms with Gasteiger partial charge >= 0.3 is 0 Å². The van der Waals surface area contributed by atoms with Crippen LogP contribution in [0, 0.1) is 0 Å². The van der Waals surface area contributed by atoms with Gasteiger partial charge in [0.25, 0.3) is 5.91 Å². The number of carbonyl (C=O) groups is 1. The second kappa shape index (κ2) is 8.31. The van der Waals surface area contributed by atoms with E-state index in [0.29, 0.717) is 23.6 Å². The maximum Gasteiger partial charge on any atom is 0.251 e. The highest BCUT2D eigenvalue weighted by molar-refractivity contribution is 7.12. The molecule has 1 amide bonds. The van der Waals surface area contributed by atoms with Gasteiger partial charge in [-0.25, -0.2) is 4.99 Å². The number of anilines is 1. The summed E-state index contributed by atoms with van der Waals surface area (Å²) in [6.07, 6.45) is 0.741. The third-order valence-electron chi connectivity index (χ3n) is 3.83. The number of amidine groups is 1. The van der Waals surface area contributed by atoms with Crippen LogP contribution >= 0.6 is 11.3 Å². The Morgan fingerprint density at radius 3 is 2.42 bits per heavy atom. The predicted molar refractivity (Wildman–Crippen MR) is 108 cm³/mol. The maximum atomic E-state index is 12.1. The number of rotatable bonds is 6. The van der Waals surface area contributed by atoms with Crippen molar-refractivity contribution in [3.8, 4) is 0 Å². The van der Waals surface area contributed by atoms with Crippen molar-refractivity contribution in [1.82, 2.24) is 5.32 Å². The van der Waals surface area contributed by atoms with Crippen LogP contribution in [0.15, 0.2) is 71.0 Å². The molecule has 5 nitrogen and oxygen atoms in total. The molecule has 0 aliphatic heterocycles. The highest BCUT2D eigenvalue weighted by atomic mass is 32.1. The van der Waals surface area contributed by atoms with Crippen LogP contribution in [0.3, 0.4) is 0 Å². The summed E-state index contributed by atoms with van der Waals surface area (Å²) in [5.74, 6) is 0.415. The van der Waals surface area contributed by atoms with Crippen molar-refractivity contribution in [3.05, 3.63) is 82.0 Å². The van der Waals surface area contributed by atoms with E-state index in [2.05, 4.69) is 10.3 Å². The Balaban J connectivity index is 1.52. The molecule has 3 rings (SSSR count). The van der Waals surface area contributed by atoms with E-state index in [1.807, 2.05) is 41.8 Å². The summed E-state index contributed by atoms with van der Waals surface area (Å²) in [6, 6.07) is 18.6. The first-order chi connectivity index (χ1) is 12.6. The van der Waals surface area contributed by atoms with Crippen LogP contribution in [0.5, 0.6) is 0 Å². The van der Waals surface area contributed by atoms with Crippen LogP contribution in [-0.4, -0.2) is 18.3 Å². The van der Waals surface area contributed by atoms with Gasteiger partial charge in [-0.05, 0) is 59.8 Å². The average Bonchev–Trinajstić information content (AvgIpc) is 3.18. The molecule has 1 heterocycles. The van der Waals surface area contributed by atoms with E-state index in [9.17, 15) is 4.79 Å². The van der Waals surface area contributed by atoms with Crippen LogP contribution in [-0.2, 0) is 6.42 Å². The number of hydrogen-bond acceptors (Lipinski definition) is 4. The summed E-state index contributed by atoms with van der Waals surface area (Å²) in [5, 5.41) is 4.88. The predicted octanol–water partition coefficient (Wildman–Crippen LogP) is 3.34. The fourth-order valence-corrected chi connectivity index (χ4v) is 3.04. The number of benzene rings is 2. The fourth-order valence-electron chi connectivity index (χ4n) is 2.41.